The summed E-state index contributed by atoms with van der Waals surface area (Å²) in [7, 11) is 1.37. The average Bonchev–Trinajstić information content (AvgIpc) is 2.54. The van der Waals surface area contributed by atoms with Gasteiger partial charge in [0.05, 0.1) is 19.1 Å². The standard InChI is InChI=1S/C13H26N6O6S/c1-6(21)7(14)4-16-19(2)11(23)8(3-10(15)22)17-13(26)18-9(5-20)12(24)25/h6-9,16,20-21H,3-5,14H2,1-2H3,(H2,15,22)(H,24,25)(H2,17,18,26)/t6?,7-,8+,9+/m0/s1. The van der Waals surface area contributed by atoms with Crippen LogP contribution in [-0.2, 0) is 14.4 Å². The Balaban J connectivity index is 4.90. The maximum atomic E-state index is 12.4. The van der Waals surface area contributed by atoms with E-state index in [-0.39, 0.29) is 11.7 Å². The molecule has 1 unspecified atom stereocenters. The largest absolute Gasteiger partial charge is 0.480 e. The number of hydrazine groups is 1. The van der Waals surface area contributed by atoms with Crippen LogP contribution < -0.4 is 27.5 Å². The monoisotopic (exact) mass is 394 g/mol. The molecule has 0 spiro atoms. The summed E-state index contributed by atoms with van der Waals surface area (Å²) in [5.41, 5.74) is 13.4. The number of nitrogens with zero attached hydrogens (tertiary/aromatic N) is 1. The van der Waals surface area contributed by atoms with Crippen molar-refractivity contribution in [2.45, 2.75) is 37.6 Å². The lowest BCUT2D eigenvalue weighted by Crippen LogP contribution is -2.58. The van der Waals surface area contributed by atoms with Crippen molar-refractivity contribution in [1.29, 1.82) is 0 Å². The van der Waals surface area contributed by atoms with Crippen LogP contribution >= 0.6 is 12.2 Å². The fourth-order valence-corrected chi connectivity index (χ4v) is 1.95. The van der Waals surface area contributed by atoms with Gasteiger partial charge in [0, 0.05) is 19.6 Å². The van der Waals surface area contributed by atoms with Crippen LogP contribution in [0.25, 0.3) is 0 Å². The first-order valence-electron chi connectivity index (χ1n) is 7.63. The van der Waals surface area contributed by atoms with Crippen LogP contribution in [0, 0.1) is 0 Å². The van der Waals surface area contributed by atoms with Crippen molar-refractivity contribution >= 4 is 35.1 Å². The van der Waals surface area contributed by atoms with Gasteiger partial charge in [-0.3, -0.25) is 14.6 Å². The normalized spacial score (nSPS) is 15.3. The molecule has 0 heterocycles. The van der Waals surface area contributed by atoms with Gasteiger partial charge in [-0.05, 0) is 19.1 Å². The summed E-state index contributed by atoms with van der Waals surface area (Å²) in [5.74, 6) is -2.76. The number of nitrogens with one attached hydrogen (secondary N) is 3. The number of carbonyl (C=O) groups excluding carboxylic acids is 2. The summed E-state index contributed by atoms with van der Waals surface area (Å²) >= 11 is 4.90. The van der Waals surface area contributed by atoms with Crippen molar-refractivity contribution < 1.29 is 29.7 Å². The Morgan fingerprint density at radius 1 is 1.23 bits per heavy atom. The zero-order valence-corrected chi connectivity index (χ0v) is 15.3. The fraction of sp³-hybridized carbons (Fsp3) is 0.692. The zero-order chi connectivity index (χ0) is 20.4. The molecule has 0 aromatic heterocycles. The summed E-state index contributed by atoms with van der Waals surface area (Å²) in [5, 5.41) is 32.8. The Labute approximate surface area is 155 Å². The lowest BCUT2D eigenvalue weighted by Gasteiger charge is -2.27. The molecule has 13 heteroatoms. The number of hydrogen-bond acceptors (Lipinski definition) is 8. The lowest BCUT2D eigenvalue weighted by molar-refractivity contribution is -0.140. The maximum absolute atomic E-state index is 12.4. The first-order valence-corrected chi connectivity index (χ1v) is 8.04. The SMILES string of the molecule is CC(O)[C@@H](N)CNN(C)C(=O)[C@@H](CC(N)=O)NC(=S)N[C@H](CO)C(=O)O. The number of carboxylic acid groups (broad SMARTS) is 1. The van der Waals surface area contributed by atoms with Gasteiger partial charge in [-0.25, -0.2) is 10.2 Å². The fourth-order valence-electron chi connectivity index (χ4n) is 1.67. The van der Waals surface area contributed by atoms with Crippen LogP contribution in [0.15, 0.2) is 0 Å². The third kappa shape index (κ3) is 8.87. The van der Waals surface area contributed by atoms with Crippen LogP contribution in [0.4, 0.5) is 0 Å². The zero-order valence-electron chi connectivity index (χ0n) is 14.5. The van der Waals surface area contributed by atoms with Gasteiger partial charge in [-0.15, -0.1) is 0 Å². The van der Waals surface area contributed by atoms with Crippen molar-refractivity contribution in [3.05, 3.63) is 0 Å². The molecule has 0 saturated carbocycles. The highest BCUT2D eigenvalue weighted by atomic mass is 32.1. The molecule has 0 saturated heterocycles. The number of carboxylic acids is 1. The number of aliphatic hydroxyl groups is 2. The first kappa shape index (κ1) is 23.9. The lowest BCUT2D eigenvalue weighted by atomic mass is 10.2. The van der Waals surface area contributed by atoms with Gasteiger partial charge in [0.2, 0.25) is 5.91 Å². The number of hydrogen-bond donors (Lipinski definition) is 8. The van der Waals surface area contributed by atoms with Crippen LogP contribution in [0.2, 0.25) is 0 Å². The minimum atomic E-state index is -1.38. The molecule has 12 nitrogen and oxygen atoms in total. The third-order valence-electron chi connectivity index (χ3n) is 3.31. The molecule has 4 atom stereocenters. The van der Waals surface area contributed by atoms with Gasteiger partial charge in [-0.2, -0.15) is 0 Å². The predicted molar refractivity (Wildman–Crippen MR) is 95.4 cm³/mol. The van der Waals surface area contributed by atoms with E-state index in [4.69, 9.17) is 33.9 Å². The number of likely N-dealkylation sites (N-methyl/N-ethyl adjacent to an activating group) is 1. The molecule has 0 rings (SSSR count). The summed E-state index contributed by atoms with van der Waals surface area (Å²) in [6.07, 6.45) is -1.21. The number of aliphatic hydroxyl groups excluding tert-OH is 2. The van der Waals surface area contributed by atoms with Gasteiger partial charge in [-0.1, -0.05) is 0 Å². The molecule has 0 fully saturated rings. The smallest absolute Gasteiger partial charge is 0.328 e. The quantitative estimate of drug-likeness (QED) is 0.125. The Bertz CT molecular complexity index is 519. The Kier molecular flexibility index (Phi) is 10.6. The minimum Gasteiger partial charge on any atom is -0.480 e. The van der Waals surface area contributed by atoms with E-state index in [1.54, 1.807) is 0 Å². The van der Waals surface area contributed by atoms with E-state index in [0.717, 1.165) is 5.01 Å². The van der Waals surface area contributed by atoms with E-state index in [1.807, 2.05) is 0 Å². The second kappa shape index (κ2) is 11.5. The number of primary amides is 1. The Morgan fingerprint density at radius 3 is 2.19 bits per heavy atom. The summed E-state index contributed by atoms with van der Waals surface area (Å²) in [4.78, 5) is 34.5. The van der Waals surface area contributed by atoms with Crippen molar-refractivity contribution in [2.24, 2.45) is 11.5 Å². The summed E-state index contributed by atoms with van der Waals surface area (Å²) in [6, 6.07) is -3.18. The van der Waals surface area contributed by atoms with Gasteiger partial charge in [0.15, 0.2) is 5.11 Å². The van der Waals surface area contributed by atoms with E-state index in [9.17, 15) is 19.5 Å². The van der Waals surface area contributed by atoms with Crippen LogP contribution in [0.1, 0.15) is 13.3 Å². The van der Waals surface area contributed by atoms with E-state index < -0.39 is 55.0 Å². The number of aliphatic carboxylic acids is 1. The highest BCUT2D eigenvalue weighted by Gasteiger charge is 2.27. The van der Waals surface area contributed by atoms with Gasteiger partial charge in [0.1, 0.15) is 12.1 Å². The molecule has 0 radical (unpaired) electrons. The molecule has 10 N–H and O–H groups in total. The van der Waals surface area contributed by atoms with Gasteiger partial charge in [0.25, 0.3) is 5.91 Å². The molecule has 2 amide bonds. The van der Waals surface area contributed by atoms with Crippen molar-refractivity contribution in [3.8, 4) is 0 Å². The second-order valence-electron chi connectivity index (χ2n) is 5.58. The highest BCUT2D eigenvalue weighted by Crippen LogP contribution is 1.98. The number of nitrogens with two attached hydrogens (primary N) is 2. The minimum absolute atomic E-state index is 0.0808. The summed E-state index contributed by atoms with van der Waals surface area (Å²) < 4.78 is 0. The molecule has 0 aliphatic carbocycles. The molecular formula is C13H26N6O6S. The maximum Gasteiger partial charge on any atom is 0.328 e. The van der Waals surface area contributed by atoms with E-state index >= 15 is 0 Å². The molecule has 0 aliphatic heterocycles. The van der Waals surface area contributed by atoms with E-state index in [1.165, 1.54) is 14.0 Å². The highest BCUT2D eigenvalue weighted by molar-refractivity contribution is 7.80. The first-order chi connectivity index (χ1) is 12.0. The molecular weight excluding hydrogens is 368 g/mol. The molecule has 150 valence electrons. The average molecular weight is 394 g/mol. The molecule has 0 aliphatic rings. The van der Waals surface area contributed by atoms with Crippen LogP contribution in [0.5, 0.6) is 0 Å². The van der Waals surface area contributed by atoms with Crippen molar-refractivity contribution in [3.63, 3.8) is 0 Å². The number of amides is 2. The summed E-state index contributed by atoms with van der Waals surface area (Å²) in [6.45, 7) is 0.845. The van der Waals surface area contributed by atoms with Gasteiger partial charge < -0.3 is 37.4 Å². The number of rotatable bonds is 11. The topological polar surface area (TPSA) is 203 Å². The molecule has 26 heavy (non-hydrogen) atoms. The number of carbonyl (C=O) groups is 3. The van der Waals surface area contributed by atoms with Gasteiger partial charge >= 0.3 is 5.97 Å². The Hall–Kier alpha value is -2.06. The molecule has 0 aromatic carbocycles. The van der Waals surface area contributed by atoms with E-state index in [0.29, 0.717) is 0 Å². The predicted octanol–water partition coefficient (Wildman–Crippen LogP) is -4.19. The molecule has 0 bridgehead atoms. The second-order valence-corrected chi connectivity index (χ2v) is 5.99. The van der Waals surface area contributed by atoms with Crippen molar-refractivity contribution in [2.75, 3.05) is 20.2 Å². The van der Waals surface area contributed by atoms with Crippen LogP contribution in [0.3, 0.4) is 0 Å². The molecule has 0 aromatic rings. The van der Waals surface area contributed by atoms with Crippen molar-refractivity contribution in [1.82, 2.24) is 21.1 Å². The third-order valence-corrected chi connectivity index (χ3v) is 3.54. The Morgan fingerprint density at radius 2 is 1.77 bits per heavy atom. The number of thiocarbonyl (C=S) groups is 1. The van der Waals surface area contributed by atoms with E-state index in [2.05, 4.69) is 16.1 Å². The van der Waals surface area contributed by atoms with Crippen LogP contribution in [-0.4, -0.2) is 87.7 Å².